The summed E-state index contributed by atoms with van der Waals surface area (Å²) in [6.45, 7) is 8.61. The van der Waals surface area contributed by atoms with Gasteiger partial charge in [0.25, 0.3) is 5.91 Å². The third-order valence-electron chi connectivity index (χ3n) is 7.00. The second kappa shape index (κ2) is 9.09. The Labute approximate surface area is 204 Å². The lowest BCUT2D eigenvalue weighted by atomic mass is 9.75. The quantitative estimate of drug-likeness (QED) is 0.460. The number of aryl methyl sites for hydroxylation is 1. The van der Waals surface area contributed by atoms with E-state index in [0.29, 0.717) is 42.7 Å². The number of hydrogen-bond donors (Lipinski definition) is 0. The molecule has 0 radical (unpaired) electrons. The van der Waals surface area contributed by atoms with Crippen LogP contribution in [0.1, 0.15) is 46.7 Å². The number of halogens is 1. The SMILES string of the molecule is CCN(CC)Cc1cc(Cl)nc(N2Cc3ccc(C4(Cc5nncn5C)COC4)cc3C2=O)c1. The molecule has 0 bridgehead atoms. The van der Waals surface area contributed by atoms with Gasteiger partial charge in [-0.3, -0.25) is 14.6 Å². The highest BCUT2D eigenvalue weighted by Crippen LogP contribution is 2.38. The lowest BCUT2D eigenvalue weighted by molar-refractivity contribution is -0.0611. The fourth-order valence-corrected chi connectivity index (χ4v) is 5.00. The van der Waals surface area contributed by atoms with Gasteiger partial charge in [-0.15, -0.1) is 10.2 Å². The highest BCUT2D eigenvalue weighted by Gasteiger charge is 2.43. The number of fused-ring (bicyclic) bond motifs is 1. The van der Waals surface area contributed by atoms with E-state index in [9.17, 15) is 4.79 Å². The molecule has 0 saturated carbocycles. The molecule has 2 aliphatic rings. The van der Waals surface area contributed by atoms with Crippen LogP contribution in [0, 0.1) is 0 Å². The maximum Gasteiger partial charge on any atom is 0.260 e. The number of nitrogens with zero attached hydrogens (tertiary/aromatic N) is 6. The van der Waals surface area contributed by atoms with Crippen LogP contribution in [-0.4, -0.2) is 56.9 Å². The predicted molar refractivity (Wildman–Crippen MR) is 130 cm³/mol. The minimum atomic E-state index is -0.200. The first-order valence-corrected chi connectivity index (χ1v) is 12.0. The Morgan fingerprint density at radius 2 is 1.97 bits per heavy atom. The van der Waals surface area contributed by atoms with Crippen molar-refractivity contribution in [2.24, 2.45) is 7.05 Å². The van der Waals surface area contributed by atoms with Crippen molar-refractivity contribution < 1.29 is 9.53 Å². The Morgan fingerprint density at radius 3 is 2.62 bits per heavy atom. The number of ether oxygens (including phenoxy) is 1. The second-order valence-electron chi connectivity index (χ2n) is 9.19. The van der Waals surface area contributed by atoms with Gasteiger partial charge in [0.1, 0.15) is 23.1 Å². The maximum absolute atomic E-state index is 13.5. The van der Waals surface area contributed by atoms with Gasteiger partial charge in [0.05, 0.1) is 19.8 Å². The summed E-state index contributed by atoms with van der Waals surface area (Å²) in [5.74, 6) is 1.45. The van der Waals surface area contributed by atoms with Gasteiger partial charge < -0.3 is 9.30 Å². The van der Waals surface area contributed by atoms with E-state index >= 15 is 0 Å². The molecule has 0 spiro atoms. The van der Waals surface area contributed by atoms with Crippen molar-refractivity contribution in [2.75, 3.05) is 31.2 Å². The standard InChI is InChI=1S/C25H29ClN6O2/c1-4-31(5-2)12-17-8-21(26)28-22(9-17)32-13-18-6-7-19(10-20(18)24(32)33)25(14-34-15-25)11-23-29-27-16-30(23)3/h6-10,16H,4-5,11-15H2,1-3H3. The first kappa shape index (κ1) is 23.0. The average molecular weight is 481 g/mol. The zero-order valence-electron chi connectivity index (χ0n) is 19.8. The number of benzene rings is 1. The number of amides is 1. The molecule has 5 rings (SSSR count). The Hall–Kier alpha value is -2.81. The topological polar surface area (TPSA) is 76.4 Å². The highest BCUT2D eigenvalue weighted by atomic mass is 35.5. The van der Waals surface area contributed by atoms with Crippen LogP contribution in [0.15, 0.2) is 36.7 Å². The molecule has 0 aliphatic carbocycles. The lowest BCUT2D eigenvalue weighted by Crippen LogP contribution is -2.49. The van der Waals surface area contributed by atoms with Crippen LogP contribution in [0.3, 0.4) is 0 Å². The van der Waals surface area contributed by atoms with Crippen molar-refractivity contribution >= 4 is 23.3 Å². The fraction of sp³-hybridized carbons (Fsp3) is 0.440. The van der Waals surface area contributed by atoms with E-state index in [-0.39, 0.29) is 11.3 Å². The molecule has 34 heavy (non-hydrogen) atoms. The van der Waals surface area contributed by atoms with Crippen LogP contribution in [0.5, 0.6) is 0 Å². The molecule has 1 saturated heterocycles. The van der Waals surface area contributed by atoms with Gasteiger partial charge in [-0.25, -0.2) is 4.98 Å². The van der Waals surface area contributed by atoms with E-state index < -0.39 is 0 Å². The molecular formula is C25H29ClN6O2. The van der Waals surface area contributed by atoms with Crippen LogP contribution < -0.4 is 4.90 Å². The van der Waals surface area contributed by atoms with Crippen molar-refractivity contribution in [3.63, 3.8) is 0 Å². The summed E-state index contributed by atoms with van der Waals surface area (Å²) in [5.41, 5.74) is 3.66. The summed E-state index contributed by atoms with van der Waals surface area (Å²) in [5, 5.41) is 8.66. The summed E-state index contributed by atoms with van der Waals surface area (Å²) in [4.78, 5) is 22.0. The largest absolute Gasteiger partial charge is 0.379 e. The van der Waals surface area contributed by atoms with Crippen molar-refractivity contribution in [1.29, 1.82) is 0 Å². The molecule has 3 aromatic rings. The number of anilines is 1. The van der Waals surface area contributed by atoms with Gasteiger partial charge in [0.2, 0.25) is 0 Å². The molecule has 0 unspecified atom stereocenters. The van der Waals surface area contributed by atoms with Crippen LogP contribution in [0.4, 0.5) is 5.82 Å². The molecule has 178 valence electrons. The molecule has 4 heterocycles. The number of pyridine rings is 1. The van der Waals surface area contributed by atoms with Crippen molar-refractivity contribution in [2.45, 2.75) is 38.8 Å². The Kier molecular flexibility index (Phi) is 6.14. The highest BCUT2D eigenvalue weighted by molar-refractivity contribution is 6.29. The van der Waals surface area contributed by atoms with E-state index in [1.54, 1.807) is 11.2 Å². The van der Waals surface area contributed by atoms with Crippen LogP contribution in [0.25, 0.3) is 0 Å². The minimum absolute atomic E-state index is 0.0468. The minimum Gasteiger partial charge on any atom is -0.379 e. The molecule has 2 aliphatic heterocycles. The smallest absolute Gasteiger partial charge is 0.260 e. The van der Waals surface area contributed by atoms with E-state index in [0.717, 1.165) is 42.1 Å². The lowest BCUT2D eigenvalue weighted by Gasteiger charge is -2.41. The van der Waals surface area contributed by atoms with Crippen molar-refractivity contribution in [3.05, 3.63) is 69.9 Å². The van der Waals surface area contributed by atoms with E-state index in [1.807, 2.05) is 29.8 Å². The molecule has 2 aromatic heterocycles. The Morgan fingerprint density at radius 1 is 1.18 bits per heavy atom. The third-order valence-corrected chi connectivity index (χ3v) is 7.20. The van der Waals surface area contributed by atoms with E-state index in [2.05, 4.69) is 46.1 Å². The summed E-state index contributed by atoms with van der Waals surface area (Å²) in [6.07, 6.45) is 2.42. The van der Waals surface area contributed by atoms with Crippen molar-refractivity contribution in [3.8, 4) is 0 Å². The summed E-state index contributed by atoms with van der Waals surface area (Å²) in [6, 6.07) is 10.1. The van der Waals surface area contributed by atoms with E-state index in [1.165, 1.54) is 0 Å². The van der Waals surface area contributed by atoms with Gasteiger partial charge in [0, 0.05) is 31.0 Å². The maximum atomic E-state index is 13.5. The summed E-state index contributed by atoms with van der Waals surface area (Å²) >= 11 is 6.35. The summed E-state index contributed by atoms with van der Waals surface area (Å²) in [7, 11) is 1.94. The van der Waals surface area contributed by atoms with Crippen molar-refractivity contribution in [1.82, 2.24) is 24.6 Å². The molecule has 8 nitrogen and oxygen atoms in total. The van der Waals surface area contributed by atoms with Gasteiger partial charge in [-0.1, -0.05) is 37.6 Å². The molecule has 1 amide bonds. The molecule has 1 fully saturated rings. The third kappa shape index (κ3) is 4.10. The van der Waals surface area contributed by atoms with Crippen LogP contribution in [0.2, 0.25) is 5.15 Å². The summed E-state index contributed by atoms with van der Waals surface area (Å²) < 4.78 is 7.54. The number of carbonyl (C=O) groups is 1. The number of carbonyl (C=O) groups excluding carboxylic acids is 1. The number of hydrogen-bond acceptors (Lipinski definition) is 6. The number of aromatic nitrogens is 4. The molecule has 0 atom stereocenters. The zero-order valence-corrected chi connectivity index (χ0v) is 20.5. The normalized spacial score (nSPS) is 16.7. The zero-order chi connectivity index (χ0) is 23.9. The Bertz CT molecular complexity index is 1220. The van der Waals surface area contributed by atoms with Gasteiger partial charge in [-0.2, -0.15) is 0 Å². The first-order chi connectivity index (χ1) is 16.4. The average Bonchev–Trinajstić information content (AvgIpc) is 3.36. The monoisotopic (exact) mass is 480 g/mol. The Balaban J connectivity index is 1.42. The molecular weight excluding hydrogens is 452 g/mol. The van der Waals surface area contributed by atoms with Gasteiger partial charge >= 0.3 is 0 Å². The second-order valence-corrected chi connectivity index (χ2v) is 9.58. The molecule has 9 heteroatoms. The predicted octanol–water partition coefficient (Wildman–Crippen LogP) is 3.38. The molecule has 1 aromatic carbocycles. The van der Waals surface area contributed by atoms with E-state index in [4.69, 9.17) is 16.3 Å². The first-order valence-electron chi connectivity index (χ1n) is 11.7. The molecule has 0 N–H and O–H groups in total. The number of rotatable bonds is 8. The van der Waals surface area contributed by atoms with Crippen LogP contribution >= 0.6 is 11.6 Å². The fourth-order valence-electron chi connectivity index (χ4n) is 4.77. The van der Waals surface area contributed by atoms with Gasteiger partial charge in [0.15, 0.2) is 0 Å². The van der Waals surface area contributed by atoms with Crippen LogP contribution in [-0.2, 0) is 36.7 Å². The van der Waals surface area contributed by atoms with Gasteiger partial charge in [-0.05, 0) is 48.0 Å².